The number of amides is 1. The van der Waals surface area contributed by atoms with Gasteiger partial charge in [-0.2, -0.15) is 0 Å². The van der Waals surface area contributed by atoms with Crippen molar-refractivity contribution in [2.24, 2.45) is 0 Å². The van der Waals surface area contributed by atoms with E-state index in [1.54, 1.807) is 6.07 Å². The Labute approximate surface area is 153 Å². The molecule has 2 N–H and O–H groups in total. The van der Waals surface area contributed by atoms with Crippen LogP contribution in [0, 0.1) is 0 Å². The van der Waals surface area contributed by atoms with Gasteiger partial charge in [-0.25, -0.2) is 0 Å². The fourth-order valence-electron chi connectivity index (χ4n) is 1.80. The van der Waals surface area contributed by atoms with Crippen LogP contribution >= 0.6 is 12.2 Å². The Bertz CT molecular complexity index is 592. The third kappa shape index (κ3) is 9.02. The first kappa shape index (κ1) is 20.9. The average molecular weight is 368 g/mol. The van der Waals surface area contributed by atoms with Crippen LogP contribution < -0.4 is 15.4 Å². The minimum Gasteiger partial charge on any atom is -0.489 e. The maximum atomic E-state index is 11.8. The zero-order chi connectivity index (χ0) is 18.7. The highest BCUT2D eigenvalue weighted by atomic mass is 32.1. The van der Waals surface area contributed by atoms with Gasteiger partial charge in [0.25, 0.3) is 0 Å². The van der Waals surface area contributed by atoms with Crippen molar-refractivity contribution in [1.82, 2.24) is 5.32 Å². The molecule has 0 saturated heterocycles. The minimum absolute atomic E-state index is 0.00948. The van der Waals surface area contributed by atoms with Gasteiger partial charge < -0.3 is 24.8 Å². The number of carbonyl (C=O) groups excluding carboxylic acids is 2. The number of carbonyl (C=O) groups is 2. The second kappa shape index (κ2) is 11.4. The number of nitrogens with one attached hydrogen (secondary N) is 2. The van der Waals surface area contributed by atoms with Crippen LogP contribution in [0.4, 0.5) is 5.69 Å². The van der Waals surface area contributed by atoms with Crippen molar-refractivity contribution < 1.29 is 23.8 Å². The second-order valence-electron chi connectivity index (χ2n) is 5.38. The summed E-state index contributed by atoms with van der Waals surface area (Å²) < 4.78 is 15.3. The average Bonchev–Trinajstić information content (AvgIpc) is 2.54. The molecule has 1 aromatic rings. The number of hydrogen-bond donors (Lipinski definition) is 2. The molecule has 0 aliphatic rings. The quantitative estimate of drug-likeness (QED) is 0.393. The molecule has 0 fully saturated rings. The lowest BCUT2D eigenvalue weighted by atomic mass is 10.3. The van der Waals surface area contributed by atoms with E-state index in [9.17, 15) is 9.59 Å². The van der Waals surface area contributed by atoms with Gasteiger partial charge in [-0.1, -0.05) is 12.1 Å². The SMILES string of the molecule is COCCOC(=O)CCC(=O)NC(=S)Nc1ccccc1OC(C)C. The molecule has 0 unspecified atom stereocenters. The Kier molecular flexibility index (Phi) is 9.49. The van der Waals surface area contributed by atoms with Gasteiger partial charge in [-0.15, -0.1) is 0 Å². The normalized spacial score (nSPS) is 10.2. The number of thiocarbonyl (C=S) groups is 1. The Balaban J connectivity index is 2.41. The standard InChI is InChI=1S/C17H24N2O5S/c1-12(2)24-14-7-5-4-6-13(14)18-17(25)19-15(20)8-9-16(21)23-11-10-22-3/h4-7,12H,8-11H2,1-3H3,(H2,18,19,20,25). The summed E-state index contributed by atoms with van der Waals surface area (Å²) in [5.41, 5.74) is 0.653. The van der Waals surface area contributed by atoms with Crippen LogP contribution in [-0.2, 0) is 19.1 Å². The molecule has 8 heteroatoms. The first-order valence-electron chi connectivity index (χ1n) is 7.93. The van der Waals surface area contributed by atoms with Crippen molar-refractivity contribution in [3.05, 3.63) is 24.3 Å². The molecule has 25 heavy (non-hydrogen) atoms. The molecule has 0 spiro atoms. The molecule has 7 nitrogen and oxygen atoms in total. The van der Waals surface area contributed by atoms with Gasteiger partial charge in [0, 0.05) is 13.5 Å². The Morgan fingerprint density at radius 3 is 2.56 bits per heavy atom. The molecule has 0 bridgehead atoms. The van der Waals surface area contributed by atoms with E-state index in [-0.39, 0.29) is 36.6 Å². The lowest BCUT2D eigenvalue weighted by molar-refractivity contribution is -0.146. The lowest BCUT2D eigenvalue weighted by Gasteiger charge is -2.16. The van der Waals surface area contributed by atoms with Crippen molar-refractivity contribution in [2.75, 3.05) is 25.6 Å². The first-order chi connectivity index (χ1) is 11.9. The van der Waals surface area contributed by atoms with Crippen molar-refractivity contribution >= 4 is 34.9 Å². The number of esters is 1. The zero-order valence-corrected chi connectivity index (χ0v) is 15.5. The van der Waals surface area contributed by atoms with E-state index in [4.69, 9.17) is 26.4 Å². The van der Waals surface area contributed by atoms with Gasteiger partial charge in [-0.3, -0.25) is 9.59 Å². The number of methoxy groups -OCH3 is 1. The highest BCUT2D eigenvalue weighted by Crippen LogP contribution is 2.24. The van der Waals surface area contributed by atoms with Crippen LogP contribution in [0.25, 0.3) is 0 Å². The third-order valence-corrected chi connectivity index (χ3v) is 3.06. The molecule has 0 atom stereocenters. The van der Waals surface area contributed by atoms with Gasteiger partial charge in [0.15, 0.2) is 5.11 Å². The number of anilines is 1. The number of hydrogen-bond acceptors (Lipinski definition) is 6. The molecular formula is C17H24N2O5S. The molecular weight excluding hydrogens is 344 g/mol. The van der Waals surface area contributed by atoms with Crippen LogP contribution in [-0.4, -0.2) is 43.4 Å². The van der Waals surface area contributed by atoms with E-state index in [0.717, 1.165) is 0 Å². The molecule has 0 aliphatic heterocycles. The monoisotopic (exact) mass is 368 g/mol. The van der Waals surface area contributed by atoms with Crippen LogP contribution in [0.5, 0.6) is 5.75 Å². The summed E-state index contributed by atoms with van der Waals surface area (Å²) in [5.74, 6) is -0.193. The van der Waals surface area contributed by atoms with Crippen molar-refractivity contribution in [2.45, 2.75) is 32.8 Å². The summed E-state index contributed by atoms with van der Waals surface area (Å²) in [7, 11) is 1.51. The topological polar surface area (TPSA) is 85.9 Å². The molecule has 0 aromatic heterocycles. The lowest BCUT2D eigenvalue weighted by Crippen LogP contribution is -2.34. The molecule has 0 saturated carbocycles. The number of benzene rings is 1. The van der Waals surface area contributed by atoms with E-state index in [1.807, 2.05) is 32.0 Å². The molecule has 0 radical (unpaired) electrons. The third-order valence-electron chi connectivity index (χ3n) is 2.86. The fourth-order valence-corrected chi connectivity index (χ4v) is 2.02. The minimum atomic E-state index is -0.457. The second-order valence-corrected chi connectivity index (χ2v) is 5.79. The highest BCUT2D eigenvalue weighted by molar-refractivity contribution is 7.80. The van der Waals surface area contributed by atoms with E-state index in [0.29, 0.717) is 18.0 Å². The van der Waals surface area contributed by atoms with Gasteiger partial charge in [0.1, 0.15) is 12.4 Å². The van der Waals surface area contributed by atoms with E-state index in [2.05, 4.69) is 10.6 Å². The highest BCUT2D eigenvalue weighted by Gasteiger charge is 2.11. The van der Waals surface area contributed by atoms with Gasteiger partial charge >= 0.3 is 5.97 Å². The summed E-state index contributed by atoms with van der Waals surface area (Å²) in [5, 5.41) is 5.58. The first-order valence-corrected chi connectivity index (χ1v) is 8.34. The predicted octanol–water partition coefficient (Wildman–Crippen LogP) is 2.26. The summed E-state index contributed by atoms with van der Waals surface area (Å²) in [6, 6.07) is 7.28. The molecule has 1 amide bonds. The van der Waals surface area contributed by atoms with E-state index >= 15 is 0 Å². The summed E-state index contributed by atoms with van der Waals surface area (Å²) in [4.78, 5) is 23.3. The Morgan fingerprint density at radius 2 is 1.88 bits per heavy atom. The van der Waals surface area contributed by atoms with Crippen molar-refractivity contribution in [3.8, 4) is 5.75 Å². The summed E-state index contributed by atoms with van der Waals surface area (Å²) >= 11 is 5.12. The van der Waals surface area contributed by atoms with Crippen molar-refractivity contribution in [3.63, 3.8) is 0 Å². The number of para-hydroxylation sites is 2. The van der Waals surface area contributed by atoms with Crippen LogP contribution in [0.3, 0.4) is 0 Å². The van der Waals surface area contributed by atoms with E-state index in [1.165, 1.54) is 7.11 Å². The number of ether oxygens (including phenoxy) is 3. The number of rotatable bonds is 9. The molecule has 1 rings (SSSR count). The van der Waals surface area contributed by atoms with Gasteiger partial charge in [0.05, 0.1) is 24.8 Å². The molecule has 0 heterocycles. The van der Waals surface area contributed by atoms with Crippen molar-refractivity contribution in [1.29, 1.82) is 0 Å². The summed E-state index contributed by atoms with van der Waals surface area (Å²) in [6.45, 7) is 4.33. The Hall–Kier alpha value is -2.19. The van der Waals surface area contributed by atoms with Crippen LogP contribution in [0.15, 0.2) is 24.3 Å². The summed E-state index contributed by atoms with van der Waals surface area (Å²) in [6.07, 6.45) is -0.0292. The molecule has 0 aliphatic carbocycles. The largest absolute Gasteiger partial charge is 0.489 e. The fraction of sp³-hybridized carbons (Fsp3) is 0.471. The molecule has 1 aromatic carbocycles. The smallest absolute Gasteiger partial charge is 0.306 e. The van der Waals surface area contributed by atoms with Gasteiger partial charge in [-0.05, 0) is 38.2 Å². The molecule has 138 valence electrons. The van der Waals surface area contributed by atoms with Crippen LogP contribution in [0.2, 0.25) is 0 Å². The zero-order valence-electron chi connectivity index (χ0n) is 14.7. The van der Waals surface area contributed by atoms with E-state index < -0.39 is 5.97 Å². The van der Waals surface area contributed by atoms with Crippen LogP contribution in [0.1, 0.15) is 26.7 Å². The Morgan fingerprint density at radius 1 is 1.16 bits per heavy atom. The maximum Gasteiger partial charge on any atom is 0.306 e. The van der Waals surface area contributed by atoms with Gasteiger partial charge in [0.2, 0.25) is 5.91 Å². The predicted molar refractivity (Wildman–Crippen MR) is 98.6 cm³/mol. The maximum absolute atomic E-state index is 11.8.